The second-order valence-electron chi connectivity index (χ2n) is 6.31. The van der Waals surface area contributed by atoms with Crippen molar-refractivity contribution in [1.29, 1.82) is 0 Å². The summed E-state index contributed by atoms with van der Waals surface area (Å²) >= 11 is 0. The smallest absolute Gasteiger partial charge is 0.307 e. The molecule has 1 N–H and O–H groups in total. The van der Waals surface area contributed by atoms with Gasteiger partial charge in [0.1, 0.15) is 0 Å². The Bertz CT molecular complexity index is 587. The molecular weight excluding hydrogens is 286 g/mol. The van der Waals surface area contributed by atoms with Gasteiger partial charge in [-0.1, -0.05) is 60.7 Å². The van der Waals surface area contributed by atoms with Crippen molar-refractivity contribution in [3.05, 3.63) is 71.8 Å². The predicted octanol–water partition coefficient (Wildman–Crippen LogP) is 3.62. The number of aliphatic carboxylic acids is 1. The summed E-state index contributed by atoms with van der Waals surface area (Å²) in [5.74, 6) is -0.605. The number of nitrogens with zero attached hydrogens (tertiary/aromatic N) is 1. The molecule has 0 aromatic heterocycles. The first-order valence-corrected chi connectivity index (χ1v) is 8.29. The number of carbonyl (C=O) groups is 1. The predicted molar refractivity (Wildman–Crippen MR) is 91.5 cm³/mol. The van der Waals surface area contributed by atoms with E-state index in [1.54, 1.807) is 0 Å². The molecular formula is C20H23NO2. The van der Waals surface area contributed by atoms with Crippen LogP contribution >= 0.6 is 0 Å². The average Bonchev–Trinajstić information content (AvgIpc) is 2.61. The van der Waals surface area contributed by atoms with E-state index in [4.69, 9.17) is 0 Å². The topological polar surface area (TPSA) is 40.5 Å². The molecule has 0 spiro atoms. The fraction of sp³-hybridized carbons (Fsp3) is 0.350. The second-order valence-corrected chi connectivity index (χ2v) is 6.31. The van der Waals surface area contributed by atoms with Gasteiger partial charge in [0.05, 0.1) is 5.92 Å². The Morgan fingerprint density at radius 3 is 2.13 bits per heavy atom. The molecule has 0 bridgehead atoms. The molecule has 3 heteroatoms. The van der Waals surface area contributed by atoms with Gasteiger partial charge < -0.3 is 10.0 Å². The summed E-state index contributed by atoms with van der Waals surface area (Å²) in [5.41, 5.74) is 2.58. The highest BCUT2D eigenvalue weighted by molar-refractivity contribution is 5.70. The Kier molecular flexibility index (Phi) is 5.09. The van der Waals surface area contributed by atoms with Gasteiger partial charge in [-0.25, -0.2) is 0 Å². The fourth-order valence-corrected chi connectivity index (χ4v) is 3.46. The molecule has 1 saturated heterocycles. The normalized spacial score (nSPS) is 18.9. The van der Waals surface area contributed by atoms with E-state index in [1.165, 1.54) is 11.1 Å². The minimum absolute atomic E-state index is 0.226. The summed E-state index contributed by atoms with van der Waals surface area (Å²) < 4.78 is 0. The molecule has 2 aromatic rings. The number of piperidine rings is 1. The summed E-state index contributed by atoms with van der Waals surface area (Å²) in [6, 6.07) is 21.0. The first kappa shape index (κ1) is 15.8. The fourth-order valence-electron chi connectivity index (χ4n) is 3.46. The van der Waals surface area contributed by atoms with E-state index in [0.29, 0.717) is 6.54 Å². The van der Waals surface area contributed by atoms with E-state index in [-0.39, 0.29) is 11.8 Å². The molecule has 23 heavy (non-hydrogen) atoms. The van der Waals surface area contributed by atoms with Gasteiger partial charge in [0.25, 0.3) is 0 Å². The molecule has 1 aliphatic rings. The van der Waals surface area contributed by atoms with Crippen molar-refractivity contribution >= 4 is 5.97 Å². The van der Waals surface area contributed by atoms with E-state index < -0.39 is 5.97 Å². The van der Waals surface area contributed by atoms with Crippen LogP contribution < -0.4 is 0 Å². The van der Waals surface area contributed by atoms with Crippen LogP contribution in [0.5, 0.6) is 0 Å². The van der Waals surface area contributed by atoms with Gasteiger partial charge in [-0.3, -0.25) is 4.79 Å². The van der Waals surface area contributed by atoms with E-state index in [2.05, 4.69) is 53.4 Å². The van der Waals surface area contributed by atoms with Crippen molar-refractivity contribution < 1.29 is 9.90 Å². The summed E-state index contributed by atoms with van der Waals surface area (Å²) in [6.07, 6.45) is 1.76. The molecule has 3 nitrogen and oxygen atoms in total. The summed E-state index contributed by atoms with van der Waals surface area (Å²) in [4.78, 5) is 13.6. The maximum Gasteiger partial charge on any atom is 0.307 e. The van der Waals surface area contributed by atoms with Gasteiger partial charge in [-0.2, -0.15) is 0 Å². The molecule has 1 unspecified atom stereocenters. The van der Waals surface area contributed by atoms with Crippen LogP contribution in [0.25, 0.3) is 0 Å². The second kappa shape index (κ2) is 7.42. The first-order chi connectivity index (χ1) is 11.2. The lowest BCUT2D eigenvalue weighted by Gasteiger charge is -2.33. The van der Waals surface area contributed by atoms with Crippen LogP contribution in [0.4, 0.5) is 0 Å². The molecule has 120 valence electrons. The first-order valence-electron chi connectivity index (χ1n) is 8.29. The van der Waals surface area contributed by atoms with Crippen LogP contribution in [-0.2, 0) is 4.79 Å². The van der Waals surface area contributed by atoms with Crippen LogP contribution in [0.15, 0.2) is 60.7 Å². The zero-order chi connectivity index (χ0) is 16.1. The number of rotatable bonds is 5. The average molecular weight is 309 g/mol. The van der Waals surface area contributed by atoms with Crippen molar-refractivity contribution in [2.24, 2.45) is 5.92 Å². The lowest BCUT2D eigenvalue weighted by molar-refractivity contribution is -0.143. The van der Waals surface area contributed by atoms with Gasteiger partial charge in [0.2, 0.25) is 0 Å². The molecule has 0 aliphatic carbocycles. The molecule has 1 atom stereocenters. The van der Waals surface area contributed by atoms with Crippen molar-refractivity contribution in [3.8, 4) is 0 Å². The van der Waals surface area contributed by atoms with Crippen molar-refractivity contribution in [1.82, 2.24) is 4.90 Å². The van der Waals surface area contributed by atoms with Crippen LogP contribution in [0.1, 0.15) is 29.9 Å². The maximum absolute atomic E-state index is 11.3. The lowest BCUT2D eigenvalue weighted by atomic mass is 9.89. The zero-order valence-corrected chi connectivity index (χ0v) is 13.3. The number of carboxylic acid groups (broad SMARTS) is 1. The van der Waals surface area contributed by atoms with Crippen LogP contribution in [0.3, 0.4) is 0 Å². The molecule has 0 saturated carbocycles. The minimum atomic E-state index is -0.661. The number of hydrogen-bond acceptors (Lipinski definition) is 2. The van der Waals surface area contributed by atoms with Gasteiger partial charge in [0, 0.05) is 19.0 Å². The van der Waals surface area contributed by atoms with Crippen molar-refractivity contribution in [3.63, 3.8) is 0 Å². The highest BCUT2D eigenvalue weighted by atomic mass is 16.4. The van der Waals surface area contributed by atoms with Gasteiger partial charge in [-0.05, 0) is 30.5 Å². The Labute approximate surface area is 137 Å². The summed E-state index contributed by atoms with van der Waals surface area (Å²) in [7, 11) is 0. The van der Waals surface area contributed by atoms with Crippen molar-refractivity contribution in [2.75, 3.05) is 19.6 Å². The van der Waals surface area contributed by atoms with Crippen LogP contribution in [0, 0.1) is 5.92 Å². The third-order valence-electron chi connectivity index (χ3n) is 4.70. The Morgan fingerprint density at radius 2 is 1.61 bits per heavy atom. The zero-order valence-electron chi connectivity index (χ0n) is 13.3. The van der Waals surface area contributed by atoms with Gasteiger partial charge in [-0.15, -0.1) is 0 Å². The molecule has 1 aliphatic heterocycles. The van der Waals surface area contributed by atoms with Crippen molar-refractivity contribution in [2.45, 2.75) is 18.8 Å². The quantitative estimate of drug-likeness (QED) is 0.917. The number of likely N-dealkylation sites (tertiary alicyclic amines) is 1. The lowest BCUT2D eigenvalue weighted by Crippen LogP contribution is -2.40. The van der Waals surface area contributed by atoms with E-state index in [9.17, 15) is 9.90 Å². The standard InChI is InChI=1S/C20H23NO2/c22-20(23)18-12-7-13-21(14-18)15-19(16-8-3-1-4-9-16)17-10-5-2-6-11-17/h1-6,8-11,18-19H,7,12-15H2,(H,22,23). The summed E-state index contributed by atoms with van der Waals surface area (Å²) in [5, 5.41) is 9.30. The van der Waals surface area contributed by atoms with Gasteiger partial charge in [0.15, 0.2) is 0 Å². The molecule has 0 amide bonds. The molecule has 2 aromatic carbocycles. The third kappa shape index (κ3) is 3.99. The Hall–Kier alpha value is -2.13. The molecule has 0 radical (unpaired) electrons. The highest BCUT2D eigenvalue weighted by Gasteiger charge is 2.27. The van der Waals surface area contributed by atoms with E-state index in [0.717, 1.165) is 25.9 Å². The van der Waals surface area contributed by atoms with E-state index >= 15 is 0 Å². The van der Waals surface area contributed by atoms with Gasteiger partial charge >= 0.3 is 5.97 Å². The molecule has 1 heterocycles. The SMILES string of the molecule is O=C(O)C1CCCN(CC(c2ccccc2)c2ccccc2)C1. The maximum atomic E-state index is 11.3. The number of benzene rings is 2. The van der Waals surface area contributed by atoms with Crippen LogP contribution in [-0.4, -0.2) is 35.6 Å². The molecule has 3 rings (SSSR count). The number of hydrogen-bond donors (Lipinski definition) is 1. The van der Waals surface area contributed by atoms with Crippen LogP contribution in [0.2, 0.25) is 0 Å². The summed E-state index contributed by atoms with van der Waals surface area (Å²) in [6.45, 7) is 2.52. The Morgan fingerprint density at radius 1 is 1.04 bits per heavy atom. The third-order valence-corrected chi connectivity index (χ3v) is 4.70. The van der Waals surface area contributed by atoms with E-state index in [1.807, 2.05) is 12.1 Å². The largest absolute Gasteiger partial charge is 0.481 e. The molecule has 1 fully saturated rings. The number of carboxylic acids is 1. The minimum Gasteiger partial charge on any atom is -0.481 e. The Balaban J connectivity index is 1.81. The highest BCUT2D eigenvalue weighted by Crippen LogP contribution is 2.27. The monoisotopic (exact) mass is 309 g/mol.